The van der Waals surface area contributed by atoms with Gasteiger partial charge in [0.05, 0.1) is 0 Å². The van der Waals surface area contributed by atoms with Gasteiger partial charge in [-0.05, 0) is 56.0 Å². The highest BCUT2D eigenvalue weighted by Gasteiger charge is 2.18. The van der Waals surface area contributed by atoms with Crippen LogP contribution in [0.25, 0.3) is 0 Å². The van der Waals surface area contributed by atoms with Gasteiger partial charge in [0.1, 0.15) is 0 Å². The maximum Gasteiger partial charge on any atom is 0.00871 e. The summed E-state index contributed by atoms with van der Waals surface area (Å²) in [6.07, 6.45) is 6.91. The Bertz CT molecular complexity index is 299. The van der Waals surface area contributed by atoms with E-state index in [9.17, 15) is 0 Å². The van der Waals surface area contributed by atoms with Gasteiger partial charge < -0.3 is 5.32 Å². The van der Waals surface area contributed by atoms with Crippen LogP contribution in [0, 0.1) is 11.8 Å². The van der Waals surface area contributed by atoms with Crippen molar-refractivity contribution in [1.82, 2.24) is 5.32 Å². The maximum atomic E-state index is 3.71. The van der Waals surface area contributed by atoms with Crippen LogP contribution in [0.2, 0.25) is 0 Å². The lowest BCUT2D eigenvalue weighted by atomic mass is 9.83. The molecule has 1 aliphatic carbocycles. The molecule has 1 fully saturated rings. The van der Waals surface area contributed by atoms with Crippen LogP contribution in [0.4, 0.5) is 0 Å². The van der Waals surface area contributed by atoms with Crippen molar-refractivity contribution in [2.75, 3.05) is 6.54 Å². The summed E-state index contributed by atoms with van der Waals surface area (Å²) in [7, 11) is 0. The van der Waals surface area contributed by atoms with Gasteiger partial charge in [-0.15, -0.1) is 11.3 Å². The first-order valence-electron chi connectivity index (χ1n) is 7.00. The average Bonchev–Trinajstić information content (AvgIpc) is 2.81. The lowest BCUT2D eigenvalue weighted by Gasteiger charge is -2.27. The second kappa shape index (κ2) is 6.55. The number of rotatable bonds is 5. The highest BCUT2D eigenvalue weighted by atomic mass is 32.1. The molecule has 0 aliphatic heterocycles. The van der Waals surface area contributed by atoms with Crippen molar-refractivity contribution in [3.05, 3.63) is 22.4 Å². The zero-order valence-electron chi connectivity index (χ0n) is 11.1. The van der Waals surface area contributed by atoms with Gasteiger partial charge in [0, 0.05) is 10.9 Å². The fourth-order valence-electron chi connectivity index (χ4n) is 2.70. The van der Waals surface area contributed by atoms with E-state index in [1.54, 1.807) is 0 Å². The first-order chi connectivity index (χ1) is 8.24. The van der Waals surface area contributed by atoms with Crippen molar-refractivity contribution in [3.63, 3.8) is 0 Å². The third kappa shape index (κ3) is 4.44. The van der Waals surface area contributed by atoms with E-state index >= 15 is 0 Å². The van der Waals surface area contributed by atoms with Crippen LogP contribution in [0.15, 0.2) is 17.5 Å². The Hall–Kier alpha value is -0.340. The van der Waals surface area contributed by atoms with Crippen LogP contribution >= 0.6 is 11.3 Å². The zero-order chi connectivity index (χ0) is 12.1. The molecule has 17 heavy (non-hydrogen) atoms. The molecule has 1 N–H and O–H groups in total. The molecule has 1 aliphatic rings. The molecule has 2 rings (SSSR count). The lowest BCUT2D eigenvalue weighted by molar-refractivity contribution is 0.275. The monoisotopic (exact) mass is 251 g/mol. The molecule has 0 aromatic carbocycles. The van der Waals surface area contributed by atoms with Crippen LogP contribution in [-0.4, -0.2) is 12.6 Å². The number of thiophene rings is 1. The van der Waals surface area contributed by atoms with E-state index in [0.717, 1.165) is 11.8 Å². The van der Waals surface area contributed by atoms with Crippen LogP contribution in [-0.2, 0) is 6.42 Å². The maximum absolute atomic E-state index is 3.71. The van der Waals surface area contributed by atoms with Gasteiger partial charge >= 0.3 is 0 Å². The fourth-order valence-corrected chi connectivity index (χ4v) is 3.54. The van der Waals surface area contributed by atoms with Gasteiger partial charge in [0.15, 0.2) is 0 Å². The Morgan fingerprint density at radius 1 is 1.35 bits per heavy atom. The molecule has 1 saturated carbocycles. The minimum Gasteiger partial charge on any atom is -0.314 e. The summed E-state index contributed by atoms with van der Waals surface area (Å²) in [5.74, 6) is 1.90. The third-order valence-corrected chi connectivity index (χ3v) is 4.88. The van der Waals surface area contributed by atoms with Crippen molar-refractivity contribution in [2.24, 2.45) is 11.8 Å². The van der Waals surface area contributed by atoms with Crippen molar-refractivity contribution in [1.29, 1.82) is 0 Å². The molecule has 1 aromatic rings. The summed E-state index contributed by atoms with van der Waals surface area (Å²) in [6.45, 7) is 5.92. The zero-order valence-corrected chi connectivity index (χ0v) is 11.9. The molecule has 0 spiro atoms. The molecule has 1 unspecified atom stereocenters. The molecule has 1 aromatic heterocycles. The minimum absolute atomic E-state index is 0.619. The predicted molar refractivity (Wildman–Crippen MR) is 76.6 cm³/mol. The van der Waals surface area contributed by atoms with Gasteiger partial charge in [-0.1, -0.05) is 25.8 Å². The van der Waals surface area contributed by atoms with Crippen LogP contribution in [0.1, 0.15) is 44.4 Å². The lowest BCUT2D eigenvalue weighted by Crippen LogP contribution is -2.33. The van der Waals surface area contributed by atoms with Crippen LogP contribution in [0.5, 0.6) is 0 Å². The molecule has 0 amide bonds. The molecular weight excluding hydrogens is 226 g/mol. The van der Waals surface area contributed by atoms with E-state index in [0.29, 0.717) is 6.04 Å². The molecule has 1 heterocycles. The van der Waals surface area contributed by atoms with E-state index < -0.39 is 0 Å². The molecule has 1 nitrogen and oxygen atoms in total. The van der Waals surface area contributed by atoms with Crippen molar-refractivity contribution < 1.29 is 0 Å². The van der Waals surface area contributed by atoms with Gasteiger partial charge in [-0.25, -0.2) is 0 Å². The Morgan fingerprint density at radius 2 is 2.12 bits per heavy atom. The van der Waals surface area contributed by atoms with Gasteiger partial charge in [0.25, 0.3) is 0 Å². The third-order valence-electron chi connectivity index (χ3n) is 3.98. The SMILES string of the molecule is CC1CCC(CNC(C)Cc2cccs2)CC1. The molecule has 2 heteroatoms. The normalized spacial score (nSPS) is 26.9. The second-order valence-electron chi connectivity index (χ2n) is 5.72. The Morgan fingerprint density at radius 3 is 2.76 bits per heavy atom. The Labute approximate surface area is 110 Å². The Kier molecular flexibility index (Phi) is 5.05. The number of nitrogens with one attached hydrogen (secondary N) is 1. The molecule has 96 valence electrons. The topological polar surface area (TPSA) is 12.0 Å². The molecular formula is C15H25NS. The van der Waals surface area contributed by atoms with Crippen molar-refractivity contribution in [2.45, 2.75) is 52.0 Å². The summed E-state index contributed by atoms with van der Waals surface area (Å²) in [5, 5.41) is 5.88. The summed E-state index contributed by atoms with van der Waals surface area (Å²) in [4.78, 5) is 1.50. The van der Waals surface area contributed by atoms with E-state index in [4.69, 9.17) is 0 Å². The first kappa shape index (κ1) is 13.1. The largest absolute Gasteiger partial charge is 0.314 e. The number of hydrogen-bond donors (Lipinski definition) is 1. The van der Waals surface area contributed by atoms with E-state index in [2.05, 4.69) is 36.7 Å². The van der Waals surface area contributed by atoms with Gasteiger partial charge in [-0.3, -0.25) is 0 Å². The van der Waals surface area contributed by atoms with Gasteiger partial charge in [-0.2, -0.15) is 0 Å². The summed E-state index contributed by atoms with van der Waals surface area (Å²) in [6, 6.07) is 5.01. The standard InChI is InChI=1S/C15H25NS/c1-12-5-7-14(8-6-12)11-16-13(2)10-15-4-3-9-17-15/h3-4,9,12-14,16H,5-8,10-11H2,1-2H3. The summed E-state index contributed by atoms with van der Waals surface area (Å²) < 4.78 is 0. The van der Waals surface area contributed by atoms with Crippen LogP contribution in [0.3, 0.4) is 0 Å². The van der Waals surface area contributed by atoms with Crippen LogP contribution < -0.4 is 5.32 Å². The molecule has 0 saturated heterocycles. The van der Waals surface area contributed by atoms with Crippen molar-refractivity contribution in [3.8, 4) is 0 Å². The first-order valence-corrected chi connectivity index (χ1v) is 7.87. The van der Waals surface area contributed by atoms with E-state index in [1.807, 2.05) is 11.3 Å². The highest BCUT2D eigenvalue weighted by molar-refractivity contribution is 7.09. The number of hydrogen-bond acceptors (Lipinski definition) is 2. The molecule has 0 bridgehead atoms. The van der Waals surface area contributed by atoms with E-state index in [-0.39, 0.29) is 0 Å². The molecule has 1 atom stereocenters. The minimum atomic E-state index is 0.619. The van der Waals surface area contributed by atoms with Gasteiger partial charge in [0.2, 0.25) is 0 Å². The smallest absolute Gasteiger partial charge is 0.00871 e. The second-order valence-corrected chi connectivity index (χ2v) is 6.75. The van der Waals surface area contributed by atoms with Crippen molar-refractivity contribution >= 4 is 11.3 Å². The van der Waals surface area contributed by atoms with E-state index in [1.165, 1.54) is 43.5 Å². The average molecular weight is 251 g/mol. The summed E-state index contributed by atoms with van der Waals surface area (Å²) in [5.41, 5.74) is 0. The predicted octanol–water partition coefficient (Wildman–Crippen LogP) is 4.10. The fraction of sp³-hybridized carbons (Fsp3) is 0.733. The molecule has 0 radical (unpaired) electrons. The highest BCUT2D eigenvalue weighted by Crippen LogP contribution is 2.27. The quantitative estimate of drug-likeness (QED) is 0.831. The Balaban J connectivity index is 1.64. The summed E-state index contributed by atoms with van der Waals surface area (Å²) >= 11 is 1.87.